The first kappa shape index (κ1) is 15.3. The summed E-state index contributed by atoms with van der Waals surface area (Å²) in [6, 6.07) is 2.57. The minimum atomic E-state index is -2.62. The van der Waals surface area contributed by atoms with Crippen molar-refractivity contribution < 1.29 is 23.1 Å². The number of nitrogens with zero attached hydrogens (tertiary/aromatic N) is 1. The lowest BCUT2D eigenvalue weighted by Crippen LogP contribution is -2.40. The fourth-order valence-corrected chi connectivity index (χ4v) is 2.21. The lowest BCUT2D eigenvalue weighted by Gasteiger charge is -2.28. The van der Waals surface area contributed by atoms with Gasteiger partial charge in [-0.1, -0.05) is 0 Å². The van der Waals surface area contributed by atoms with Gasteiger partial charge in [-0.05, 0) is 25.0 Å². The molecule has 1 saturated carbocycles. The number of pyridine rings is 1. The number of carbonyl (C=O) groups excluding carboxylic acids is 2. The van der Waals surface area contributed by atoms with Crippen LogP contribution in [0.25, 0.3) is 0 Å². The van der Waals surface area contributed by atoms with E-state index in [-0.39, 0.29) is 43.0 Å². The number of rotatable bonds is 3. The van der Waals surface area contributed by atoms with Crippen LogP contribution >= 0.6 is 0 Å². The Morgan fingerprint density at radius 2 is 2.00 bits per heavy atom. The van der Waals surface area contributed by atoms with Crippen LogP contribution < -0.4 is 5.32 Å². The molecular formula is C14H16F2N2O3. The Balaban J connectivity index is 1.93. The molecule has 1 amide bonds. The van der Waals surface area contributed by atoms with Crippen molar-refractivity contribution in [1.29, 1.82) is 0 Å². The smallest absolute Gasteiger partial charge is 0.339 e. The molecule has 1 aliphatic carbocycles. The molecule has 1 fully saturated rings. The number of carbonyl (C=O) groups is 2. The zero-order valence-corrected chi connectivity index (χ0v) is 11.6. The minimum Gasteiger partial charge on any atom is -0.465 e. The van der Waals surface area contributed by atoms with E-state index in [1.54, 1.807) is 0 Å². The van der Waals surface area contributed by atoms with E-state index in [9.17, 15) is 18.4 Å². The van der Waals surface area contributed by atoms with E-state index in [1.807, 2.05) is 0 Å². The number of nitrogens with one attached hydrogen (secondary N) is 1. The van der Waals surface area contributed by atoms with Crippen molar-refractivity contribution in [1.82, 2.24) is 10.3 Å². The molecule has 1 N–H and O–H groups in total. The zero-order chi connectivity index (χ0) is 15.5. The van der Waals surface area contributed by atoms with Gasteiger partial charge in [0.2, 0.25) is 5.92 Å². The molecule has 0 bridgehead atoms. The van der Waals surface area contributed by atoms with Crippen molar-refractivity contribution >= 4 is 11.9 Å². The fraction of sp³-hybridized carbons (Fsp3) is 0.500. The Kier molecular flexibility index (Phi) is 4.50. The summed E-state index contributed by atoms with van der Waals surface area (Å²) in [4.78, 5) is 27.1. The fourth-order valence-electron chi connectivity index (χ4n) is 2.21. The van der Waals surface area contributed by atoms with Crippen LogP contribution in [0.2, 0.25) is 0 Å². The van der Waals surface area contributed by atoms with Crippen LogP contribution in [0.3, 0.4) is 0 Å². The molecule has 0 saturated heterocycles. The molecule has 0 unspecified atom stereocenters. The zero-order valence-electron chi connectivity index (χ0n) is 11.6. The number of hydrogen-bond acceptors (Lipinski definition) is 4. The third-order valence-electron chi connectivity index (χ3n) is 3.47. The topological polar surface area (TPSA) is 68.3 Å². The molecule has 0 spiro atoms. The summed E-state index contributed by atoms with van der Waals surface area (Å²) in [5.74, 6) is -3.59. The van der Waals surface area contributed by atoms with Gasteiger partial charge in [0.25, 0.3) is 5.91 Å². The summed E-state index contributed by atoms with van der Waals surface area (Å²) >= 11 is 0. The second kappa shape index (κ2) is 6.15. The second-order valence-electron chi connectivity index (χ2n) is 5.03. The number of amides is 1. The van der Waals surface area contributed by atoms with Gasteiger partial charge in [-0.15, -0.1) is 0 Å². The van der Waals surface area contributed by atoms with Crippen LogP contribution in [0.5, 0.6) is 0 Å². The van der Waals surface area contributed by atoms with E-state index in [4.69, 9.17) is 0 Å². The summed E-state index contributed by atoms with van der Waals surface area (Å²) in [6.07, 6.45) is 1.31. The number of methoxy groups -OCH3 is 1. The van der Waals surface area contributed by atoms with Crippen molar-refractivity contribution in [2.75, 3.05) is 7.11 Å². The van der Waals surface area contributed by atoms with Crippen LogP contribution in [0.1, 0.15) is 46.5 Å². The summed E-state index contributed by atoms with van der Waals surface area (Å²) in [6.45, 7) is 0. The maximum atomic E-state index is 13.0. The van der Waals surface area contributed by atoms with Gasteiger partial charge in [0.1, 0.15) is 5.69 Å². The van der Waals surface area contributed by atoms with Gasteiger partial charge < -0.3 is 10.1 Å². The van der Waals surface area contributed by atoms with Gasteiger partial charge in [-0.3, -0.25) is 9.78 Å². The predicted octanol–water partition coefficient (Wildman–Crippen LogP) is 2.18. The Hall–Kier alpha value is -2.05. The molecule has 114 valence electrons. The van der Waals surface area contributed by atoms with Crippen molar-refractivity contribution in [3.05, 3.63) is 29.6 Å². The Labute approximate surface area is 120 Å². The van der Waals surface area contributed by atoms with Crippen LogP contribution in [0, 0.1) is 0 Å². The van der Waals surface area contributed by atoms with Gasteiger partial charge in [0.15, 0.2) is 0 Å². The van der Waals surface area contributed by atoms with Crippen molar-refractivity contribution in [2.24, 2.45) is 0 Å². The van der Waals surface area contributed by atoms with Crippen molar-refractivity contribution in [3.63, 3.8) is 0 Å². The molecule has 0 aromatic carbocycles. The molecule has 0 atom stereocenters. The third kappa shape index (κ3) is 3.96. The molecule has 5 nitrogen and oxygen atoms in total. The van der Waals surface area contributed by atoms with Crippen molar-refractivity contribution in [2.45, 2.75) is 37.6 Å². The molecule has 7 heteroatoms. The Morgan fingerprint density at radius 3 is 2.52 bits per heavy atom. The average molecular weight is 298 g/mol. The van der Waals surface area contributed by atoms with Crippen molar-refractivity contribution in [3.8, 4) is 0 Å². The maximum absolute atomic E-state index is 13.0. The maximum Gasteiger partial charge on any atom is 0.339 e. The quantitative estimate of drug-likeness (QED) is 0.868. The molecule has 0 aliphatic heterocycles. The Morgan fingerprint density at radius 1 is 1.33 bits per heavy atom. The standard InChI is InChI=1S/C14H16F2N2O3/c1-21-13(20)9-2-3-11(17-8-9)12(19)18-10-4-6-14(15,16)7-5-10/h2-3,8,10H,4-7H2,1H3,(H,18,19). The summed E-state index contributed by atoms with van der Waals surface area (Å²) in [5, 5.41) is 2.68. The number of ether oxygens (including phenoxy) is 1. The average Bonchev–Trinajstić information content (AvgIpc) is 2.48. The van der Waals surface area contributed by atoms with Gasteiger partial charge in [0.05, 0.1) is 12.7 Å². The molecule has 1 aliphatic rings. The van der Waals surface area contributed by atoms with Gasteiger partial charge in [-0.2, -0.15) is 0 Å². The molecule has 1 aromatic rings. The number of aromatic nitrogens is 1. The largest absolute Gasteiger partial charge is 0.465 e. The molecule has 0 radical (unpaired) electrons. The first-order valence-electron chi connectivity index (χ1n) is 6.64. The SMILES string of the molecule is COC(=O)c1ccc(C(=O)NC2CCC(F)(F)CC2)nc1. The summed E-state index contributed by atoms with van der Waals surface area (Å²) in [5.41, 5.74) is 0.381. The highest BCUT2D eigenvalue weighted by molar-refractivity contribution is 5.94. The normalized spacial score (nSPS) is 18.0. The first-order chi connectivity index (χ1) is 9.91. The Bertz CT molecular complexity index is 522. The highest BCUT2D eigenvalue weighted by atomic mass is 19.3. The van der Waals surface area contributed by atoms with Crippen LogP contribution in [-0.2, 0) is 4.74 Å². The number of esters is 1. The van der Waals surface area contributed by atoms with Gasteiger partial charge in [-0.25, -0.2) is 13.6 Å². The van der Waals surface area contributed by atoms with Gasteiger partial charge in [0, 0.05) is 25.1 Å². The number of halogens is 2. The number of alkyl halides is 2. The van der Waals surface area contributed by atoms with E-state index in [0.717, 1.165) is 0 Å². The molecule has 1 aromatic heterocycles. The lowest BCUT2D eigenvalue weighted by atomic mass is 9.92. The molecule has 21 heavy (non-hydrogen) atoms. The van der Waals surface area contributed by atoms with E-state index in [1.165, 1.54) is 25.4 Å². The third-order valence-corrected chi connectivity index (χ3v) is 3.47. The van der Waals surface area contributed by atoms with Gasteiger partial charge >= 0.3 is 5.97 Å². The van der Waals surface area contributed by atoms with E-state index in [2.05, 4.69) is 15.0 Å². The lowest BCUT2D eigenvalue weighted by molar-refractivity contribution is -0.0399. The second-order valence-corrected chi connectivity index (χ2v) is 5.03. The van der Waals surface area contributed by atoms with E-state index >= 15 is 0 Å². The molecular weight excluding hydrogens is 282 g/mol. The minimum absolute atomic E-state index is 0.139. The molecule has 1 heterocycles. The monoisotopic (exact) mass is 298 g/mol. The van der Waals surface area contributed by atoms with E-state index < -0.39 is 17.8 Å². The van der Waals surface area contributed by atoms with Crippen LogP contribution in [0.4, 0.5) is 8.78 Å². The molecule has 2 rings (SSSR count). The van der Waals surface area contributed by atoms with E-state index in [0.29, 0.717) is 0 Å². The van der Waals surface area contributed by atoms with Crippen LogP contribution in [-0.4, -0.2) is 35.9 Å². The highest BCUT2D eigenvalue weighted by Crippen LogP contribution is 2.33. The highest BCUT2D eigenvalue weighted by Gasteiger charge is 2.35. The van der Waals surface area contributed by atoms with Crippen LogP contribution in [0.15, 0.2) is 18.3 Å². The summed E-state index contributed by atoms with van der Waals surface area (Å²) < 4.78 is 30.6. The first-order valence-corrected chi connectivity index (χ1v) is 6.64. The number of hydrogen-bond donors (Lipinski definition) is 1. The predicted molar refractivity (Wildman–Crippen MR) is 70.2 cm³/mol. The summed E-state index contributed by atoms with van der Waals surface area (Å²) in [7, 11) is 1.25.